The summed E-state index contributed by atoms with van der Waals surface area (Å²) in [6, 6.07) is 1.80. The number of nitrogens with zero attached hydrogens (tertiary/aromatic N) is 2. The molecule has 1 aliphatic rings. The molecule has 0 aromatic heterocycles. The summed E-state index contributed by atoms with van der Waals surface area (Å²) >= 11 is 0. The summed E-state index contributed by atoms with van der Waals surface area (Å²) in [4.78, 5) is 0. The second kappa shape index (κ2) is 3.94. The van der Waals surface area contributed by atoms with Gasteiger partial charge in [-0.15, -0.1) is 0 Å². The minimum absolute atomic E-state index is 0.0877. The third-order valence-corrected chi connectivity index (χ3v) is 1.71. The van der Waals surface area contributed by atoms with Crippen LogP contribution in [0.2, 0.25) is 0 Å². The first-order chi connectivity index (χ1) is 5.38. The maximum atomic E-state index is 8.46. The van der Waals surface area contributed by atoms with Gasteiger partial charge in [-0.1, -0.05) is 5.16 Å². The quantitative estimate of drug-likeness (QED) is 0.347. The number of ether oxygens (including phenoxy) is 1. The number of rotatable bonds is 1. The Kier molecular flexibility index (Phi) is 2.87. The van der Waals surface area contributed by atoms with E-state index < -0.39 is 0 Å². The van der Waals surface area contributed by atoms with Crippen molar-refractivity contribution in [2.45, 2.75) is 25.4 Å². The molecule has 0 radical (unpaired) electrons. The van der Waals surface area contributed by atoms with Crippen molar-refractivity contribution in [3.05, 3.63) is 0 Å². The number of oxime groups is 1. The molecule has 1 aliphatic heterocycles. The molecular weight excluding hydrogens is 144 g/mol. The van der Waals surface area contributed by atoms with E-state index in [1.807, 2.05) is 0 Å². The molecule has 1 rings (SSSR count). The lowest BCUT2D eigenvalue weighted by Crippen LogP contribution is -2.27. The van der Waals surface area contributed by atoms with Crippen molar-refractivity contribution < 1.29 is 9.94 Å². The van der Waals surface area contributed by atoms with Crippen molar-refractivity contribution >= 4 is 5.71 Å². The maximum absolute atomic E-state index is 8.46. The normalized spacial score (nSPS) is 26.1. The molecule has 1 N–H and O–H groups in total. The fourth-order valence-corrected chi connectivity index (χ4v) is 1.12. The van der Waals surface area contributed by atoms with Crippen LogP contribution in [0.4, 0.5) is 0 Å². The highest BCUT2D eigenvalue weighted by Crippen LogP contribution is 2.13. The first kappa shape index (κ1) is 8.02. The fourth-order valence-electron chi connectivity index (χ4n) is 1.12. The summed E-state index contributed by atoms with van der Waals surface area (Å²) in [6.45, 7) is 0.658. The molecule has 11 heavy (non-hydrogen) atoms. The van der Waals surface area contributed by atoms with Crippen LogP contribution in [0, 0.1) is 11.3 Å². The Morgan fingerprint density at radius 3 is 2.91 bits per heavy atom. The summed E-state index contributed by atoms with van der Waals surface area (Å²) in [6.07, 6.45) is 2.57. The van der Waals surface area contributed by atoms with Gasteiger partial charge in [0.1, 0.15) is 12.2 Å². The number of hydrogen-bond donors (Lipinski definition) is 1. The van der Waals surface area contributed by atoms with E-state index in [2.05, 4.69) is 5.16 Å². The van der Waals surface area contributed by atoms with E-state index in [4.69, 9.17) is 15.2 Å². The zero-order chi connectivity index (χ0) is 8.10. The van der Waals surface area contributed by atoms with Gasteiger partial charge in [-0.25, -0.2) is 0 Å². The van der Waals surface area contributed by atoms with E-state index in [9.17, 15) is 0 Å². The fraction of sp³-hybridized carbons (Fsp3) is 0.714. The topological polar surface area (TPSA) is 65.6 Å². The van der Waals surface area contributed by atoms with Gasteiger partial charge in [-0.05, 0) is 19.3 Å². The van der Waals surface area contributed by atoms with Crippen LogP contribution in [-0.4, -0.2) is 23.6 Å². The SMILES string of the molecule is N#C/C(=N\O)C1CCCCO1. The second-order valence-electron chi connectivity index (χ2n) is 2.45. The molecule has 1 unspecified atom stereocenters. The summed E-state index contributed by atoms with van der Waals surface area (Å²) in [5.74, 6) is 0. The lowest BCUT2D eigenvalue weighted by Gasteiger charge is -2.19. The molecule has 60 valence electrons. The predicted molar refractivity (Wildman–Crippen MR) is 38.4 cm³/mol. The zero-order valence-corrected chi connectivity index (χ0v) is 6.16. The van der Waals surface area contributed by atoms with Gasteiger partial charge in [-0.2, -0.15) is 5.26 Å². The molecule has 0 aromatic carbocycles. The summed E-state index contributed by atoms with van der Waals surface area (Å²) in [5, 5.41) is 19.7. The molecule has 1 fully saturated rings. The van der Waals surface area contributed by atoms with Gasteiger partial charge in [0.2, 0.25) is 0 Å². The Bertz CT molecular complexity index is 189. The lowest BCUT2D eigenvalue weighted by molar-refractivity contribution is 0.0575. The molecule has 1 saturated heterocycles. The van der Waals surface area contributed by atoms with E-state index in [-0.39, 0.29) is 11.8 Å². The molecule has 0 bridgehead atoms. The first-order valence-electron chi connectivity index (χ1n) is 3.62. The minimum Gasteiger partial charge on any atom is -0.410 e. The van der Waals surface area contributed by atoms with Crippen LogP contribution >= 0.6 is 0 Å². The largest absolute Gasteiger partial charge is 0.410 e. The van der Waals surface area contributed by atoms with Crippen LogP contribution < -0.4 is 0 Å². The monoisotopic (exact) mass is 154 g/mol. The Hall–Kier alpha value is -1.08. The van der Waals surface area contributed by atoms with Crippen molar-refractivity contribution in [2.75, 3.05) is 6.61 Å². The van der Waals surface area contributed by atoms with Crippen LogP contribution in [0.5, 0.6) is 0 Å². The summed E-state index contributed by atoms with van der Waals surface area (Å²) < 4.78 is 5.21. The highest BCUT2D eigenvalue weighted by atomic mass is 16.5. The van der Waals surface area contributed by atoms with Crippen LogP contribution in [0.1, 0.15) is 19.3 Å². The van der Waals surface area contributed by atoms with Crippen molar-refractivity contribution in [1.82, 2.24) is 0 Å². The Morgan fingerprint density at radius 1 is 1.64 bits per heavy atom. The molecule has 1 atom stereocenters. The van der Waals surface area contributed by atoms with E-state index in [1.165, 1.54) is 0 Å². The van der Waals surface area contributed by atoms with Gasteiger partial charge in [0, 0.05) is 6.61 Å². The molecule has 0 amide bonds. The third-order valence-electron chi connectivity index (χ3n) is 1.71. The first-order valence-corrected chi connectivity index (χ1v) is 3.62. The molecule has 4 nitrogen and oxygen atoms in total. The van der Waals surface area contributed by atoms with Gasteiger partial charge in [-0.3, -0.25) is 0 Å². The number of hydrogen-bond acceptors (Lipinski definition) is 4. The van der Waals surface area contributed by atoms with Crippen molar-refractivity contribution in [3.63, 3.8) is 0 Å². The maximum Gasteiger partial charge on any atom is 0.185 e. The zero-order valence-electron chi connectivity index (χ0n) is 6.16. The van der Waals surface area contributed by atoms with E-state index in [1.54, 1.807) is 6.07 Å². The van der Waals surface area contributed by atoms with E-state index >= 15 is 0 Å². The molecule has 0 spiro atoms. The van der Waals surface area contributed by atoms with Gasteiger partial charge in [0.15, 0.2) is 5.71 Å². The van der Waals surface area contributed by atoms with Crippen LogP contribution in [0.25, 0.3) is 0 Å². The average Bonchev–Trinajstić information content (AvgIpc) is 2.09. The van der Waals surface area contributed by atoms with E-state index in [0.29, 0.717) is 6.61 Å². The van der Waals surface area contributed by atoms with E-state index in [0.717, 1.165) is 19.3 Å². The average molecular weight is 154 g/mol. The Labute approximate surface area is 65.1 Å². The van der Waals surface area contributed by atoms with Gasteiger partial charge in [0.25, 0.3) is 0 Å². The van der Waals surface area contributed by atoms with Crippen molar-refractivity contribution in [2.24, 2.45) is 5.16 Å². The number of nitriles is 1. The molecule has 0 aromatic rings. The highest BCUT2D eigenvalue weighted by molar-refractivity contribution is 6.01. The second-order valence-corrected chi connectivity index (χ2v) is 2.45. The molecule has 0 aliphatic carbocycles. The highest BCUT2D eigenvalue weighted by Gasteiger charge is 2.19. The summed E-state index contributed by atoms with van der Waals surface area (Å²) in [5.41, 5.74) is 0.0877. The van der Waals surface area contributed by atoms with Crippen LogP contribution in [0.15, 0.2) is 5.16 Å². The third kappa shape index (κ3) is 1.92. The molecule has 0 saturated carbocycles. The van der Waals surface area contributed by atoms with Crippen LogP contribution in [0.3, 0.4) is 0 Å². The minimum atomic E-state index is -0.279. The van der Waals surface area contributed by atoms with Gasteiger partial charge >= 0.3 is 0 Å². The van der Waals surface area contributed by atoms with Crippen molar-refractivity contribution in [3.8, 4) is 6.07 Å². The predicted octanol–water partition coefficient (Wildman–Crippen LogP) is 0.909. The van der Waals surface area contributed by atoms with Gasteiger partial charge in [0.05, 0.1) is 0 Å². The van der Waals surface area contributed by atoms with Crippen LogP contribution in [-0.2, 0) is 4.74 Å². The molecule has 1 heterocycles. The Balaban J connectivity index is 2.52. The lowest BCUT2D eigenvalue weighted by atomic mass is 10.1. The summed E-state index contributed by atoms with van der Waals surface area (Å²) in [7, 11) is 0. The van der Waals surface area contributed by atoms with Gasteiger partial charge < -0.3 is 9.94 Å². The Morgan fingerprint density at radius 2 is 2.45 bits per heavy atom. The standard InChI is InChI=1S/C7H10N2O2/c8-5-6(9-10)7-3-1-2-4-11-7/h7,10H,1-4H2/b9-6+. The smallest absolute Gasteiger partial charge is 0.185 e. The molecule has 4 heteroatoms. The van der Waals surface area contributed by atoms with Crippen molar-refractivity contribution in [1.29, 1.82) is 5.26 Å². The molecular formula is C7H10N2O2.